The molecule has 0 aromatic rings. The number of halogens is 1. The van der Waals surface area contributed by atoms with Crippen LogP contribution in [0.2, 0.25) is 0 Å². The van der Waals surface area contributed by atoms with Crippen molar-refractivity contribution in [3.63, 3.8) is 0 Å². The first kappa shape index (κ1) is 5.02. The van der Waals surface area contributed by atoms with Crippen LogP contribution >= 0.6 is 12.6 Å². The molecule has 0 aromatic heterocycles. The van der Waals surface area contributed by atoms with Crippen LogP contribution in [0.25, 0.3) is 0 Å². The van der Waals surface area contributed by atoms with Gasteiger partial charge >= 0.3 is 0 Å². The monoisotopic (exact) mass is 92.0 g/mol. The van der Waals surface area contributed by atoms with Gasteiger partial charge in [-0.1, -0.05) is 6.58 Å². The summed E-state index contributed by atoms with van der Waals surface area (Å²) >= 11 is 3.53. The molecule has 2 heteroatoms. The summed E-state index contributed by atoms with van der Waals surface area (Å²) in [5.74, 6) is 0. The van der Waals surface area contributed by atoms with E-state index in [4.69, 9.17) is 0 Å². The second-order valence-corrected chi connectivity index (χ2v) is 1.33. The highest BCUT2D eigenvalue weighted by atomic mass is 32.1. The van der Waals surface area contributed by atoms with E-state index < -0.39 is 6.67 Å². The van der Waals surface area contributed by atoms with Crippen LogP contribution in [0.5, 0.6) is 0 Å². The van der Waals surface area contributed by atoms with E-state index in [1.165, 1.54) is 0 Å². The van der Waals surface area contributed by atoms with E-state index in [-0.39, 0.29) is 4.91 Å². The first-order chi connectivity index (χ1) is 2.27. The average Bonchev–Trinajstić information content (AvgIpc) is 1.38. The van der Waals surface area contributed by atoms with Crippen molar-refractivity contribution in [2.24, 2.45) is 0 Å². The smallest absolute Gasteiger partial charge is 0.119 e. The molecule has 0 saturated carbocycles. The fraction of sp³-hybridized carbons (Fsp3) is 0.333. The van der Waals surface area contributed by atoms with E-state index in [0.29, 0.717) is 0 Å². The van der Waals surface area contributed by atoms with Gasteiger partial charge in [0, 0.05) is 4.91 Å². The van der Waals surface area contributed by atoms with E-state index in [0.717, 1.165) is 0 Å². The van der Waals surface area contributed by atoms with E-state index >= 15 is 0 Å². The number of alkyl halides is 1. The summed E-state index contributed by atoms with van der Waals surface area (Å²) in [4.78, 5) is 0.282. The Hall–Kier alpha value is 0.0200. The molecular formula is C3H5FS. The van der Waals surface area contributed by atoms with Crippen LogP contribution in [0, 0.1) is 0 Å². The van der Waals surface area contributed by atoms with Gasteiger partial charge in [0.05, 0.1) is 0 Å². The normalized spacial score (nSPS) is 7.60. The zero-order valence-corrected chi connectivity index (χ0v) is 3.63. The molecule has 0 nitrogen and oxygen atoms in total. The van der Waals surface area contributed by atoms with E-state index in [9.17, 15) is 4.39 Å². The van der Waals surface area contributed by atoms with E-state index in [2.05, 4.69) is 19.2 Å². The minimum absolute atomic E-state index is 0.282. The second kappa shape index (κ2) is 2.27. The summed E-state index contributed by atoms with van der Waals surface area (Å²) in [6.07, 6.45) is 0. The van der Waals surface area contributed by atoms with Crippen LogP contribution in [0.1, 0.15) is 0 Å². The summed E-state index contributed by atoms with van der Waals surface area (Å²) in [6, 6.07) is 0. The Bertz CT molecular complexity index is 42.2. The van der Waals surface area contributed by atoms with Gasteiger partial charge in [-0.2, -0.15) is 0 Å². The van der Waals surface area contributed by atoms with E-state index in [1.54, 1.807) is 0 Å². The standard InChI is InChI=1S/C3H5FS/c1-3(5)2-4/h5H,1-2H2. The van der Waals surface area contributed by atoms with Crippen LogP contribution in [-0.4, -0.2) is 6.67 Å². The summed E-state index contributed by atoms with van der Waals surface area (Å²) in [6.45, 7) is 2.64. The van der Waals surface area contributed by atoms with Gasteiger partial charge in [0.2, 0.25) is 0 Å². The molecule has 0 atom stereocenters. The van der Waals surface area contributed by atoms with Gasteiger partial charge in [0.15, 0.2) is 0 Å². The highest BCUT2D eigenvalue weighted by molar-refractivity contribution is 7.84. The van der Waals surface area contributed by atoms with Gasteiger partial charge in [-0.05, 0) is 0 Å². The van der Waals surface area contributed by atoms with Crippen molar-refractivity contribution in [2.45, 2.75) is 0 Å². The maximum absolute atomic E-state index is 10.9. The molecule has 0 aliphatic heterocycles. The Labute approximate surface area is 36.1 Å². The Morgan fingerprint density at radius 3 is 2.20 bits per heavy atom. The van der Waals surface area contributed by atoms with Gasteiger partial charge in [-0.15, -0.1) is 12.6 Å². The number of hydrogen-bond donors (Lipinski definition) is 1. The van der Waals surface area contributed by atoms with Crippen molar-refractivity contribution < 1.29 is 4.39 Å². The van der Waals surface area contributed by atoms with Crippen LogP contribution in [-0.2, 0) is 0 Å². The minimum atomic E-state index is -0.525. The summed E-state index contributed by atoms with van der Waals surface area (Å²) in [7, 11) is 0. The van der Waals surface area contributed by atoms with Crippen molar-refractivity contribution in [3.05, 3.63) is 11.5 Å². The SMILES string of the molecule is C=C(S)CF. The van der Waals surface area contributed by atoms with Crippen molar-refractivity contribution in [1.29, 1.82) is 0 Å². The molecule has 0 rings (SSSR count). The van der Waals surface area contributed by atoms with Gasteiger partial charge < -0.3 is 0 Å². The first-order valence-electron chi connectivity index (χ1n) is 1.20. The molecule has 0 amide bonds. The Morgan fingerprint density at radius 2 is 2.20 bits per heavy atom. The predicted molar refractivity (Wildman–Crippen MR) is 24.1 cm³/mol. The fourth-order valence-corrected chi connectivity index (χ4v) is 0. The zero-order valence-electron chi connectivity index (χ0n) is 2.74. The third kappa shape index (κ3) is 4.02. The van der Waals surface area contributed by atoms with Crippen molar-refractivity contribution in [3.8, 4) is 0 Å². The molecule has 0 saturated heterocycles. The third-order valence-corrected chi connectivity index (χ3v) is 0.274. The summed E-state index contributed by atoms with van der Waals surface area (Å²) in [5, 5.41) is 0. The van der Waals surface area contributed by atoms with Gasteiger partial charge in [-0.25, -0.2) is 4.39 Å². The van der Waals surface area contributed by atoms with Gasteiger partial charge in [-0.3, -0.25) is 0 Å². The van der Waals surface area contributed by atoms with Gasteiger partial charge in [0.1, 0.15) is 6.67 Å². The maximum Gasteiger partial charge on any atom is 0.119 e. The van der Waals surface area contributed by atoms with Crippen LogP contribution in [0.15, 0.2) is 11.5 Å². The highest BCUT2D eigenvalue weighted by Crippen LogP contribution is 1.92. The van der Waals surface area contributed by atoms with Gasteiger partial charge in [0.25, 0.3) is 0 Å². The van der Waals surface area contributed by atoms with E-state index in [1.807, 2.05) is 0 Å². The topological polar surface area (TPSA) is 0 Å². The molecule has 0 spiro atoms. The second-order valence-electron chi connectivity index (χ2n) is 0.700. The largest absolute Gasteiger partial charge is 0.245 e. The van der Waals surface area contributed by atoms with Crippen molar-refractivity contribution >= 4 is 12.6 Å². The number of rotatable bonds is 1. The quantitative estimate of drug-likeness (QED) is 0.464. The molecule has 0 N–H and O–H groups in total. The van der Waals surface area contributed by atoms with Crippen LogP contribution < -0.4 is 0 Å². The molecule has 0 aliphatic carbocycles. The molecule has 0 unspecified atom stereocenters. The number of allylic oxidation sites excluding steroid dienone is 1. The third-order valence-electron chi connectivity index (χ3n) is 0.154. The van der Waals surface area contributed by atoms with Crippen molar-refractivity contribution in [1.82, 2.24) is 0 Å². The molecule has 0 bridgehead atoms. The molecule has 0 aromatic carbocycles. The maximum atomic E-state index is 10.9. The minimum Gasteiger partial charge on any atom is -0.245 e. The van der Waals surface area contributed by atoms with Crippen molar-refractivity contribution in [2.75, 3.05) is 6.67 Å². The zero-order chi connectivity index (χ0) is 4.28. The Kier molecular flexibility index (Phi) is 2.28. The summed E-state index contributed by atoms with van der Waals surface area (Å²) in [5.41, 5.74) is 0. The lowest BCUT2D eigenvalue weighted by Gasteiger charge is -1.75. The molecule has 0 radical (unpaired) electrons. The summed E-state index contributed by atoms with van der Waals surface area (Å²) < 4.78 is 10.9. The molecule has 0 aliphatic rings. The molecular weight excluding hydrogens is 87.1 g/mol. The molecule has 30 valence electrons. The molecule has 5 heavy (non-hydrogen) atoms. The lowest BCUT2D eigenvalue weighted by molar-refractivity contribution is 0.558. The predicted octanol–water partition coefficient (Wildman–Crippen LogP) is 1.40. The highest BCUT2D eigenvalue weighted by Gasteiger charge is 1.73. The molecule has 0 fully saturated rings. The Morgan fingerprint density at radius 1 is 2.00 bits per heavy atom. The van der Waals surface area contributed by atoms with Crippen LogP contribution in [0.3, 0.4) is 0 Å². The average molecular weight is 92.1 g/mol. The number of thiol groups is 1. The van der Waals surface area contributed by atoms with Crippen LogP contribution in [0.4, 0.5) is 4.39 Å². The lowest BCUT2D eigenvalue weighted by atomic mass is 10.7. The molecule has 0 heterocycles. The number of hydrogen-bond acceptors (Lipinski definition) is 1. The fourth-order valence-electron chi connectivity index (χ4n) is 0. The Balaban J connectivity index is 2.85. The lowest BCUT2D eigenvalue weighted by Crippen LogP contribution is -1.63. The first-order valence-corrected chi connectivity index (χ1v) is 1.65.